The van der Waals surface area contributed by atoms with E-state index >= 15 is 0 Å². The molecule has 0 saturated carbocycles. The monoisotopic (exact) mass is 254 g/mol. The molecule has 19 heavy (non-hydrogen) atoms. The van der Waals surface area contributed by atoms with Crippen LogP contribution < -0.4 is 5.32 Å². The maximum atomic E-state index is 11.9. The van der Waals surface area contributed by atoms with Crippen molar-refractivity contribution in [2.45, 2.75) is 6.04 Å². The summed E-state index contributed by atoms with van der Waals surface area (Å²) in [5.41, 5.74) is 2.19. The van der Waals surface area contributed by atoms with E-state index in [0.717, 1.165) is 11.1 Å². The molecule has 2 aromatic carbocycles. The molecule has 3 nitrogen and oxygen atoms in total. The van der Waals surface area contributed by atoms with Crippen LogP contribution in [0.25, 0.3) is 0 Å². The minimum atomic E-state index is -0.0993. The summed E-state index contributed by atoms with van der Waals surface area (Å²) in [5, 5.41) is 2.67. The summed E-state index contributed by atoms with van der Waals surface area (Å²) in [6, 6.07) is 19.9. The molecule has 0 bridgehead atoms. The van der Waals surface area contributed by atoms with Crippen LogP contribution in [0.2, 0.25) is 0 Å². The second-order valence-corrected chi connectivity index (χ2v) is 4.39. The lowest BCUT2D eigenvalue weighted by molar-refractivity contribution is 0.200. The predicted molar refractivity (Wildman–Crippen MR) is 76.9 cm³/mol. The topological polar surface area (TPSA) is 32.3 Å². The fraction of sp³-hybridized carbons (Fsp3) is 0.188. The van der Waals surface area contributed by atoms with E-state index in [2.05, 4.69) is 5.32 Å². The Bertz CT molecular complexity index is 485. The molecule has 0 aliphatic carbocycles. The molecular weight excluding hydrogens is 236 g/mol. The highest BCUT2D eigenvalue weighted by Gasteiger charge is 2.22. The molecule has 98 valence electrons. The SMILES string of the molecule is CNC(=O)N(C)C(c1ccccc1)c1ccccc1. The first-order valence-corrected chi connectivity index (χ1v) is 6.28. The number of nitrogens with one attached hydrogen (secondary N) is 1. The minimum Gasteiger partial charge on any atom is -0.341 e. The third kappa shape index (κ3) is 2.94. The molecular formula is C16H18N2O. The summed E-state index contributed by atoms with van der Waals surface area (Å²) in [6.45, 7) is 0. The molecule has 0 radical (unpaired) electrons. The Hall–Kier alpha value is -2.29. The fourth-order valence-corrected chi connectivity index (χ4v) is 2.20. The van der Waals surface area contributed by atoms with Crippen LogP contribution in [-0.4, -0.2) is 25.0 Å². The van der Waals surface area contributed by atoms with Crippen molar-refractivity contribution < 1.29 is 4.79 Å². The van der Waals surface area contributed by atoms with Crippen molar-refractivity contribution in [3.8, 4) is 0 Å². The van der Waals surface area contributed by atoms with Crippen LogP contribution >= 0.6 is 0 Å². The van der Waals surface area contributed by atoms with Crippen molar-refractivity contribution in [1.29, 1.82) is 0 Å². The highest BCUT2D eigenvalue weighted by Crippen LogP contribution is 2.27. The number of nitrogens with zero attached hydrogens (tertiary/aromatic N) is 1. The van der Waals surface area contributed by atoms with E-state index in [-0.39, 0.29) is 12.1 Å². The summed E-state index contributed by atoms with van der Waals surface area (Å²) in [6.07, 6.45) is 0. The summed E-state index contributed by atoms with van der Waals surface area (Å²) < 4.78 is 0. The van der Waals surface area contributed by atoms with E-state index < -0.39 is 0 Å². The average Bonchev–Trinajstić information content (AvgIpc) is 2.49. The smallest absolute Gasteiger partial charge is 0.317 e. The first kappa shape index (κ1) is 13.1. The lowest BCUT2D eigenvalue weighted by Gasteiger charge is -2.28. The fourth-order valence-electron chi connectivity index (χ4n) is 2.20. The molecule has 3 heteroatoms. The quantitative estimate of drug-likeness (QED) is 0.897. The Balaban J connectivity index is 2.43. The second kappa shape index (κ2) is 6.05. The molecule has 0 unspecified atom stereocenters. The summed E-state index contributed by atoms with van der Waals surface area (Å²) >= 11 is 0. The van der Waals surface area contributed by atoms with Gasteiger partial charge in [0.2, 0.25) is 0 Å². The Morgan fingerprint density at radius 1 is 0.947 bits per heavy atom. The van der Waals surface area contributed by atoms with Gasteiger partial charge in [-0.2, -0.15) is 0 Å². The van der Waals surface area contributed by atoms with Gasteiger partial charge in [0.25, 0.3) is 0 Å². The van der Waals surface area contributed by atoms with Gasteiger partial charge >= 0.3 is 6.03 Å². The van der Waals surface area contributed by atoms with Crippen molar-refractivity contribution in [2.24, 2.45) is 0 Å². The molecule has 0 atom stereocenters. The normalized spacial score (nSPS) is 10.3. The van der Waals surface area contributed by atoms with Gasteiger partial charge in [-0.3, -0.25) is 0 Å². The standard InChI is InChI=1S/C16H18N2O/c1-17-16(19)18(2)15(13-9-5-3-6-10-13)14-11-7-4-8-12-14/h3-12,15H,1-2H3,(H,17,19). The third-order valence-electron chi connectivity index (χ3n) is 3.15. The number of carbonyl (C=O) groups excluding carboxylic acids is 1. The number of rotatable bonds is 3. The van der Waals surface area contributed by atoms with Gasteiger partial charge in [0.1, 0.15) is 0 Å². The maximum Gasteiger partial charge on any atom is 0.317 e. The molecule has 2 aromatic rings. The molecule has 0 aromatic heterocycles. The lowest BCUT2D eigenvalue weighted by Crippen LogP contribution is -2.38. The number of urea groups is 1. The summed E-state index contributed by atoms with van der Waals surface area (Å²) in [5.74, 6) is 0. The van der Waals surface area contributed by atoms with Crippen LogP contribution in [0.15, 0.2) is 60.7 Å². The van der Waals surface area contributed by atoms with E-state index in [1.54, 1.807) is 11.9 Å². The summed E-state index contributed by atoms with van der Waals surface area (Å²) in [4.78, 5) is 13.6. The van der Waals surface area contributed by atoms with E-state index in [0.29, 0.717) is 0 Å². The van der Waals surface area contributed by atoms with Crippen LogP contribution in [0.4, 0.5) is 4.79 Å². The molecule has 1 N–H and O–H groups in total. The van der Waals surface area contributed by atoms with Gasteiger partial charge in [-0.15, -0.1) is 0 Å². The van der Waals surface area contributed by atoms with Gasteiger partial charge in [-0.25, -0.2) is 4.79 Å². The van der Waals surface area contributed by atoms with Gasteiger partial charge in [0, 0.05) is 14.1 Å². The number of amides is 2. The largest absolute Gasteiger partial charge is 0.341 e. The first-order chi connectivity index (χ1) is 9.24. The molecule has 0 spiro atoms. The van der Waals surface area contributed by atoms with Crippen LogP contribution in [0.1, 0.15) is 17.2 Å². The molecule has 0 saturated heterocycles. The second-order valence-electron chi connectivity index (χ2n) is 4.39. The first-order valence-electron chi connectivity index (χ1n) is 6.28. The van der Waals surface area contributed by atoms with E-state index in [9.17, 15) is 4.79 Å². The maximum absolute atomic E-state index is 11.9. The zero-order valence-electron chi connectivity index (χ0n) is 11.2. The zero-order valence-corrected chi connectivity index (χ0v) is 11.2. The van der Waals surface area contributed by atoms with Crippen molar-refractivity contribution in [1.82, 2.24) is 10.2 Å². The van der Waals surface area contributed by atoms with Crippen molar-refractivity contribution in [3.05, 3.63) is 71.8 Å². The number of hydrogen-bond donors (Lipinski definition) is 1. The third-order valence-corrected chi connectivity index (χ3v) is 3.15. The van der Waals surface area contributed by atoms with Crippen LogP contribution in [0, 0.1) is 0 Å². The molecule has 2 amide bonds. The van der Waals surface area contributed by atoms with Crippen LogP contribution in [-0.2, 0) is 0 Å². The van der Waals surface area contributed by atoms with E-state index in [1.165, 1.54) is 0 Å². The molecule has 0 aliphatic rings. The van der Waals surface area contributed by atoms with Crippen LogP contribution in [0.3, 0.4) is 0 Å². The molecule has 0 heterocycles. The van der Waals surface area contributed by atoms with Gasteiger partial charge in [-0.1, -0.05) is 60.7 Å². The Kier molecular flexibility index (Phi) is 4.18. The van der Waals surface area contributed by atoms with Gasteiger partial charge < -0.3 is 10.2 Å². The molecule has 0 fully saturated rings. The molecule has 0 aliphatic heterocycles. The average molecular weight is 254 g/mol. The zero-order chi connectivity index (χ0) is 13.7. The highest BCUT2D eigenvalue weighted by molar-refractivity contribution is 5.74. The van der Waals surface area contributed by atoms with Crippen molar-refractivity contribution in [3.63, 3.8) is 0 Å². The predicted octanol–water partition coefficient (Wildman–Crippen LogP) is 3.05. The van der Waals surface area contributed by atoms with Gasteiger partial charge in [0.15, 0.2) is 0 Å². The minimum absolute atomic E-state index is 0.0812. The van der Waals surface area contributed by atoms with E-state index in [1.807, 2.05) is 67.7 Å². The number of carbonyl (C=O) groups is 1. The van der Waals surface area contributed by atoms with Gasteiger partial charge in [0.05, 0.1) is 6.04 Å². The lowest BCUT2D eigenvalue weighted by atomic mass is 9.98. The number of benzene rings is 2. The Morgan fingerprint density at radius 2 is 1.37 bits per heavy atom. The van der Waals surface area contributed by atoms with E-state index in [4.69, 9.17) is 0 Å². The Morgan fingerprint density at radius 3 is 1.74 bits per heavy atom. The van der Waals surface area contributed by atoms with Crippen LogP contribution in [0.5, 0.6) is 0 Å². The Labute approximate surface area is 113 Å². The van der Waals surface area contributed by atoms with Gasteiger partial charge in [-0.05, 0) is 11.1 Å². The highest BCUT2D eigenvalue weighted by atomic mass is 16.2. The molecule has 2 rings (SSSR count). The number of hydrogen-bond acceptors (Lipinski definition) is 1. The van der Waals surface area contributed by atoms with Crippen molar-refractivity contribution in [2.75, 3.05) is 14.1 Å². The summed E-state index contributed by atoms with van der Waals surface area (Å²) in [7, 11) is 3.45. The van der Waals surface area contributed by atoms with Crippen molar-refractivity contribution >= 4 is 6.03 Å².